The summed E-state index contributed by atoms with van der Waals surface area (Å²) in [6.45, 7) is 7.78. The highest BCUT2D eigenvalue weighted by Crippen LogP contribution is 2.19. The summed E-state index contributed by atoms with van der Waals surface area (Å²) in [6.07, 6.45) is 11.3. The van der Waals surface area contributed by atoms with E-state index in [4.69, 9.17) is 13.3 Å². The summed E-state index contributed by atoms with van der Waals surface area (Å²) in [5, 5.41) is 0. The van der Waals surface area contributed by atoms with Crippen molar-refractivity contribution in [2.45, 2.75) is 40.2 Å². The van der Waals surface area contributed by atoms with Gasteiger partial charge in [-0.2, -0.15) is 0 Å². The van der Waals surface area contributed by atoms with Crippen LogP contribution in [0.4, 0.5) is 0 Å². The van der Waals surface area contributed by atoms with Crippen molar-refractivity contribution < 1.29 is 13.3 Å². The molecule has 0 spiro atoms. The van der Waals surface area contributed by atoms with Gasteiger partial charge in [0, 0.05) is 0 Å². The van der Waals surface area contributed by atoms with E-state index < -0.39 is 8.80 Å². The van der Waals surface area contributed by atoms with Gasteiger partial charge in [0.25, 0.3) is 0 Å². The maximum absolute atomic E-state index is 5.63. The van der Waals surface area contributed by atoms with Gasteiger partial charge in [-0.15, -0.1) is 0 Å². The lowest BCUT2D eigenvalue weighted by molar-refractivity contribution is 0.179. The minimum absolute atomic E-state index is 0.784. The number of hydrogen-bond acceptors (Lipinski definition) is 3. The van der Waals surface area contributed by atoms with Gasteiger partial charge < -0.3 is 13.3 Å². The first-order valence-electron chi connectivity index (χ1n) is 5.61. The molecule has 0 aromatic rings. The molecule has 0 aliphatic heterocycles. The maximum atomic E-state index is 5.63. The normalized spacial score (nSPS) is 12.8. The smallest absolute Gasteiger partial charge is 0.490 e. The Morgan fingerprint density at radius 2 is 1.19 bits per heavy atom. The highest BCUT2D eigenvalue weighted by atomic mass is 28.4. The third-order valence-electron chi connectivity index (χ3n) is 1.71. The van der Waals surface area contributed by atoms with Gasteiger partial charge in [0.05, 0.1) is 24.8 Å². The topological polar surface area (TPSA) is 27.7 Å². The van der Waals surface area contributed by atoms with Gasteiger partial charge in [0.2, 0.25) is 0 Å². The fourth-order valence-corrected chi connectivity index (χ4v) is 3.24. The Hall–Kier alpha value is -1.16. The Labute approximate surface area is 99.8 Å². The van der Waals surface area contributed by atoms with Gasteiger partial charge in [-0.05, 0) is 27.2 Å². The summed E-state index contributed by atoms with van der Waals surface area (Å²) in [7, 11) is -2.62. The predicted octanol–water partition coefficient (Wildman–Crippen LogP) is 3.99. The molecule has 0 aromatic heterocycles. The molecule has 4 heteroatoms. The Bertz CT molecular complexity index is 211. The maximum Gasteiger partial charge on any atom is 0.697 e. The summed E-state index contributed by atoms with van der Waals surface area (Å²) in [5.74, 6) is 0. The SMILES string of the molecule is C/C=C/O[Si](CCC)(O/C=C/C)O/C=C/C. The molecule has 0 atom stereocenters. The van der Waals surface area contributed by atoms with Gasteiger partial charge in [0.1, 0.15) is 0 Å². The Balaban J connectivity index is 4.70. The van der Waals surface area contributed by atoms with Gasteiger partial charge in [-0.1, -0.05) is 25.2 Å². The molecule has 3 nitrogen and oxygen atoms in total. The molecule has 0 aliphatic carbocycles. The molecule has 0 rings (SSSR count). The van der Waals surface area contributed by atoms with Crippen LogP contribution in [0.15, 0.2) is 37.0 Å². The zero-order valence-electron chi connectivity index (χ0n) is 10.6. The third-order valence-corrected chi connectivity index (χ3v) is 4.31. The van der Waals surface area contributed by atoms with Gasteiger partial charge in [-0.25, -0.2) is 0 Å². The van der Waals surface area contributed by atoms with Crippen molar-refractivity contribution in [3.8, 4) is 0 Å². The van der Waals surface area contributed by atoms with Gasteiger partial charge in [-0.3, -0.25) is 0 Å². The summed E-state index contributed by atoms with van der Waals surface area (Å²) < 4.78 is 16.9. The Morgan fingerprint density at radius 1 is 0.812 bits per heavy atom. The van der Waals surface area contributed by atoms with Crippen LogP contribution in [0.5, 0.6) is 0 Å². The zero-order chi connectivity index (χ0) is 12.3. The van der Waals surface area contributed by atoms with E-state index >= 15 is 0 Å². The summed E-state index contributed by atoms with van der Waals surface area (Å²) in [6, 6.07) is 0.784. The largest absolute Gasteiger partial charge is 0.697 e. The van der Waals surface area contributed by atoms with Crippen molar-refractivity contribution in [2.24, 2.45) is 0 Å². The lowest BCUT2D eigenvalue weighted by atomic mass is 10.6. The third kappa shape index (κ3) is 5.65. The quantitative estimate of drug-likeness (QED) is 0.476. The molecule has 0 unspecified atom stereocenters. The molecular formula is C12H22O3Si. The molecule has 0 fully saturated rings. The van der Waals surface area contributed by atoms with Crippen molar-refractivity contribution in [1.82, 2.24) is 0 Å². The van der Waals surface area contributed by atoms with E-state index in [1.807, 2.05) is 39.0 Å². The van der Waals surface area contributed by atoms with Crippen LogP contribution in [-0.4, -0.2) is 8.80 Å². The second-order valence-corrected chi connectivity index (χ2v) is 5.77. The van der Waals surface area contributed by atoms with Gasteiger partial charge in [0.15, 0.2) is 0 Å². The van der Waals surface area contributed by atoms with Gasteiger partial charge >= 0.3 is 8.80 Å². The summed E-state index contributed by atoms with van der Waals surface area (Å²) >= 11 is 0. The molecule has 0 aromatic carbocycles. The van der Waals surface area contributed by atoms with E-state index in [0.717, 1.165) is 12.5 Å². The van der Waals surface area contributed by atoms with E-state index in [0.29, 0.717) is 0 Å². The lowest BCUT2D eigenvalue weighted by Gasteiger charge is -2.25. The minimum atomic E-state index is -2.62. The van der Waals surface area contributed by atoms with Crippen LogP contribution in [0.1, 0.15) is 34.1 Å². The molecular weight excluding hydrogens is 220 g/mol. The first kappa shape index (κ1) is 14.8. The number of hydrogen-bond donors (Lipinski definition) is 0. The van der Waals surface area contributed by atoms with Crippen LogP contribution in [-0.2, 0) is 13.3 Å². The van der Waals surface area contributed by atoms with Crippen LogP contribution in [0.3, 0.4) is 0 Å². The van der Waals surface area contributed by atoms with E-state index in [1.54, 1.807) is 18.8 Å². The monoisotopic (exact) mass is 242 g/mol. The molecule has 0 bridgehead atoms. The highest BCUT2D eigenvalue weighted by molar-refractivity contribution is 6.61. The van der Waals surface area contributed by atoms with E-state index in [1.165, 1.54) is 0 Å². The Kier molecular flexibility index (Phi) is 8.43. The number of allylic oxidation sites excluding steroid dienone is 3. The average molecular weight is 242 g/mol. The second kappa shape index (κ2) is 9.09. The molecule has 92 valence electrons. The molecule has 0 aliphatic rings. The predicted molar refractivity (Wildman–Crippen MR) is 68.5 cm³/mol. The van der Waals surface area contributed by atoms with E-state index in [-0.39, 0.29) is 0 Å². The average Bonchev–Trinajstić information content (AvgIpc) is 2.31. The van der Waals surface area contributed by atoms with Crippen molar-refractivity contribution in [1.29, 1.82) is 0 Å². The second-order valence-electron chi connectivity index (χ2n) is 3.19. The molecule has 0 amide bonds. The molecule has 0 N–H and O–H groups in total. The molecule has 0 heterocycles. The van der Waals surface area contributed by atoms with Crippen LogP contribution in [0.2, 0.25) is 6.04 Å². The highest BCUT2D eigenvalue weighted by Gasteiger charge is 2.44. The van der Waals surface area contributed by atoms with Crippen molar-refractivity contribution in [3.63, 3.8) is 0 Å². The summed E-state index contributed by atoms with van der Waals surface area (Å²) in [4.78, 5) is 0. The van der Waals surface area contributed by atoms with Crippen LogP contribution < -0.4 is 0 Å². The van der Waals surface area contributed by atoms with Crippen LogP contribution >= 0.6 is 0 Å². The molecule has 0 radical (unpaired) electrons. The fraction of sp³-hybridized carbons (Fsp3) is 0.500. The van der Waals surface area contributed by atoms with Crippen molar-refractivity contribution in [2.75, 3.05) is 0 Å². The summed E-state index contributed by atoms with van der Waals surface area (Å²) in [5.41, 5.74) is 0. The fourth-order valence-electron chi connectivity index (χ4n) is 1.08. The zero-order valence-corrected chi connectivity index (χ0v) is 11.6. The van der Waals surface area contributed by atoms with E-state index in [9.17, 15) is 0 Å². The molecule has 0 saturated carbocycles. The standard InChI is InChI=1S/C12H22O3Si/c1-5-9-13-16(12-8-4,14-10-6-2)15-11-7-3/h5-7,9-11H,8,12H2,1-4H3/b9-5+,10-6+,11-7+. The van der Waals surface area contributed by atoms with Crippen LogP contribution in [0.25, 0.3) is 0 Å². The first-order chi connectivity index (χ1) is 7.74. The minimum Gasteiger partial charge on any atom is -0.490 e. The van der Waals surface area contributed by atoms with Crippen LogP contribution in [0, 0.1) is 0 Å². The first-order valence-corrected chi connectivity index (χ1v) is 7.54. The lowest BCUT2D eigenvalue weighted by Crippen LogP contribution is -2.41. The van der Waals surface area contributed by atoms with Crippen molar-refractivity contribution >= 4 is 8.80 Å². The molecule has 0 saturated heterocycles. The number of rotatable bonds is 8. The van der Waals surface area contributed by atoms with Crippen molar-refractivity contribution in [3.05, 3.63) is 37.0 Å². The van der Waals surface area contributed by atoms with E-state index in [2.05, 4.69) is 6.92 Å². The Morgan fingerprint density at radius 3 is 1.44 bits per heavy atom. The molecule has 16 heavy (non-hydrogen) atoms.